The minimum atomic E-state index is -0.199. The summed E-state index contributed by atoms with van der Waals surface area (Å²) in [7, 11) is 0. The summed E-state index contributed by atoms with van der Waals surface area (Å²) in [6.07, 6.45) is 5.62. The van der Waals surface area contributed by atoms with E-state index in [1.54, 1.807) is 0 Å². The molecule has 0 radical (unpaired) electrons. The van der Waals surface area contributed by atoms with E-state index in [4.69, 9.17) is 16.3 Å². The van der Waals surface area contributed by atoms with Crippen molar-refractivity contribution in [3.63, 3.8) is 0 Å². The first-order valence-electron chi connectivity index (χ1n) is 5.32. The molecular formula is C11H19ClO2. The van der Waals surface area contributed by atoms with E-state index in [2.05, 4.69) is 6.92 Å². The first-order valence-corrected chi connectivity index (χ1v) is 5.76. The van der Waals surface area contributed by atoms with Crippen LogP contribution in [0.3, 0.4) is 0 Å². The maximum atomic E-state index is 10.6. The van der Waals surface area contributed by atoms with Gasteiger partial charge >= 0.3 is 5.97 Å². The summed E-state index contributed by atoms with van der Waals surface area (Å²) in [5.74, 6) is -0.199. The van der Waals surface area contributed by atoms with Gasteiger partial charge in [-0.3, -0.25) is 4.79 Å². The second-order valence-electron chi connectivity index (χ2n) is 4.46. The third-order valence-corrected chi connectivity index (χ3v) is 3.94. The highest BCUT2D eigenvalue weighted by Gasteiger charge is 2.34. The Morgan fingerprint density at radius 1 is 1.57 bits per heavy atom. The van der Waals surface area contributed by atoms with E-state index in [9.17, 15) is 4.79 Å². The number of carbonyl (C=O) groups is 1. The molecule has 0 saturated heterocycles. The van der Waals surface area contributed by atoms with Crippen LogP contribution in [0.2, 0.25) is 0 Å². The highest BCUT2D eigenvalue weighted by Crippen LogP contribution is 2.42. The molecule has 1 rings (SSSR count). The number of hydrogen-bond donors (Lipinski definition) is 0. The maximum absolute atomic E-state index is 10.6. The lowest BCUT2D eigenvalue weighted by Gasteiger charge is -2.38. The van der Waals surface area contributed by atoms with Gasteiger partial charge in [0.2, 0.25) is 0 Å². The molecule has 0 unspecified atom stereocenters. The second-order valence-corrected chi connectivity index (χ2v) is 4.98. The van der Waals surface area contributed by atoms with Crippen molar-refractivity contribution in [2.24, 2.45) is 5.41 Å². The van der Waals surface area contributed by atoms with E-state index in [0.717, 1.165) is 19.3 Å². The molecule has 1 aliphatic carbocycles. The molecule has 1 fully saturated rings. The standard InChI is InChI=1S/C11H19ClO2/c1-9(13)14-8-7-11(2)6-4-3-5-10(11)12/h10H,3-8H2,1-2H3/t10-,11+/m0/s1. The molecule has 14 heavy (non-hydrogen) atoms. The predicted molar refractivity (Wildman–Crippen MR) is 57.5 cm³/mol. The van der Waals surface area contributed by atoms with E-state index in [1.807, 2.05) is 0 Å². The van der Waals surface area contributed by atoms with Crippen LogP contribution in [0.5, 0.6) is 0 Å². The quantitative estimate of drug-likeness (QED) is 0.538. The summed E-state index contributed by atoms with van der Waals surface area (Å²) in [6.45, 7) is 4.16. The Kier molecular flexibility index (Phi) is 4.24. The maximum Gasteiger partial charge on any atom is 0.302 e. The fraction of sp³-hybridized carbons (Fsp3) is 0.909. The Morgan fingerprint density at radius 3 is 2.86 bits per heavy atom. The van der Waals surface area contributed by atoms with E-state index < -0.39 is 0 Å². The molecule has 0 N–H and O–H groups in total. The van der Waals surface area contributed by atoms with Crippen molar-refractivity contribution in [3.05, 3.63) is 0 Å². The Balaban J connectivity index is 2.35. The van der Waals surface area contributed by atoms with Crippen LogP contribution >= 0.6 is 11.6 Å². The van der Waals surface area contributed by atoms with Crippen molar-refractivity contribution in [1.82, 2.24) is 0 Å². The number of esters is 1. The van der Waals surface area contributed by atoms with Gasteiger partial charge in [-0.05, 0) is 24.7 Å². The summed E-state index contributed by atoms with van der Waals surface area (Å²) in [5.41, 5.74) is 0.162. The van der Waals surface area contributed by atoms with Gasteiger partial charge in [0.25, 0.3) is 0 Å². The van der Waals surface area contributed by atoms with Crippen LogP contribution in [0.15, 0.2) is 0 Å². The van der Waals surface area contributed by atoms with Gasteiger partial charge in [-0.1, -0.05) is 19.8 Å². The molecule has 0 aromatic carbocycles. The zero-order chi connectivity index (χ0) is 10.6. The summed E-state index contributed by atoms with van der Waals surface area (Å²) in [5, 5.41) is 0.242. The number of alkyl halides is 1. The minimum absolute atomic E-state index is 0.162. The monoisotopic (exact) mass is 218 g/mol. The Morgan fingerprint density at radius 2 is 2.29 bits per heavy atom. The molecule has 1 aliphatic rings. The van der Waals surface area contributed by atoms with Crippen LogP contribution in [0.4, 0.5) is 0 Å². The minimum Gasteiger partial charge on any atom is -0.466 e. The lowest BCUT2D eigenvalue weighted by atomic mass is 9.73. The van der Waals surface area contributed by atoms with Crippen LogP contribution in [-0.4, -0.2) is 18.0 Å². The van der Waals surface area contributed by atoms with Crippen molar-refractivity contribution in [1.29, 1.82) is 0 Å². The van der Waals surface area contributed by atoms with Gasteiger partial charge in [0.1, 0.15) is 0 Å². The van der Waals surface area contributed by atoms with Gasteiger partial charge in [0, 0.05) is 12.3 Å². The van der Waals surface area contributed by atoms with Gasteiger partial charge < -0.3 is 4.74 Å². The highest BCUT2D eigenvalue weighted by atomic mass is 35.5. The third-order valence-electron chi connectivity index (χ3n) is 3.19. The van der Waals surface area contributed by atoms with E-state index in [0.29, 0.717) is 6.61 Å². The normalized spacial score (nSPS) is 32.6. The highest BCUT2D eigenvalue weighted by molar-refractivity contribution is 6.21. The van der Waals surface area contributed by atoms with Crippen LogP contribution in [0, 0.1) is 5.41 Å². The first kappa shape index (κ1) is 11.8. The fourth-order valence-corrected chi connectivity index (χ4v) is 2.44. The lowest BCUT2D eigenvalue weighted by molar-refractivity contribution is -0.141. The van der Waals surface area contributed by atoms with Gasteiger partial charge in [-0.15, -0.1) is 11.6 Å². The molecule has 2 atom stereocenters. The van der Waals surface area contributed by atoms with Crippen LogP contribution in [0.25, 0.3) is 0 Å². The Labute approximate surface area is 91.0 Å². The van der Waals surface area contributed by atoms with Crippen molar-refractivity contribution in [2.45, 2.75) is 51.3 Å². The second kappa shape index (κ2) is 5.01. The lowest BCUT2D eigenvalue weighted by Crippen LogP contribution is -2.33. The molecule has 0 spiro atoms. The topological polar surface area (TPSA) is 26.3 Å². The molecule has 82 valence electrons. The summed E-state index contributed by atoms with van der Waals surface area (Å²) in [6, 6.07) is 0. The smallest absolute Gasteiger partial charge is 0.302 e. The Hall–Kier alpha value is -0.240. The molecule has 1 saturated carbocycles. The molecule has 0 aromatic rings. The van der Waals surface area contributed by atoms with Crippen molar-refractivity contribution in [3.8, 4) is 0 Å². The van der Waals surface area contributed by atoms with Crippen LogP contribution < -0.4 is 0 Å². The van der Waals surface area contributed by atoms with Gasteiger partial charge in [0.05, 0.1) is 6.61 Å². The van der Waals surface area contributed by atoms with Crippen molar-refractivity contribution in [2.75, 3.05) is 6.61 Å². The van der Waals surface area contributed by atoms with Crippen molar-refractivity contribution >= 4 is 17.6 Å². The average Bonchev–Trinajstić information content (AvgIpc) is 2.10. The Bertz CT molecular complexity index is 205. The van der Waals surface area contributed by atoms with E-state index in [1.165, 1.54) is 19.8 Å². The summed E-state index contributed by atoms with van der Waals surface area (Å²) >= 11 is 6.30. The molecule has 0 heterocycles. The van der Waals surface area contributed by atoms with Gasteiger partial charge in [-0.2, -0.15) is 0 Å². The number of carbonyl (C=O) groups excluding carboxylic acids is 1. The zero-order valence-corrected chi connectivity index (χ0v) is 9.77. The van der Waals surface area contributed by atoms with Gasteiger partial charge in [-0.25, -0.2) is 0 Å². The molecule has 0 amide bonds. The molecular weight excluding hydrogens is 200 g/mol. The van der Waals surface area contributed by atoms with Gasteiger partial charge in [0.15, 0.2) is 0 Å². The van der Waals surface area contributed by atoms with Crippen LogP contribution in [-0.2, 0) is 9.53 Å². The molecule has 0 aromatic heterocycles. The predicted octanol–water partition coefficient (Wildman–Crippen LogP) is 3.13. The number of halogens is 1. The number of rotatable bonds is 3. The third kappa shape index (κ3) is 3.16. The largest absolute Gasteiger partial charge is 0.466 e. The first-order chi connectivity index (χ1) is 6.54. The average molecular weight is 219 g/mol. The SMILES string of the molecule is CC(=O)OCC[C@@]1(C)CCCC[C@@H]1Cl. The van der Waals surface area contributed by atoms with Crippen molar-refractivity contribution < 1.29 is 9.53 Å². The van der Waals surface area contributed by atoms with E-state index >= 15 is 0 Å². The molecule has 3 heteroatoms. The zero-order valence-electron chi connectivity index (χ0n) is 9.01. The fourth-order valence-electron chi connectivity index (χ4n) is 2.07. The summed E-state index contributed by atoms with van der Waals surface area (Å²) < 4.78 is 4.96. The van der Waals surface area contributed by atoms with E-state index in [-0.39, 0.29) is 16.8 Å². The molecule has 0 bridgehead atoms. The number of hydrogen-bond acceptors (Lipinski definition) is 2. The summed E-state index contributed by atoms with van der Waals surface area (Å²) in [4.78, 5) is 10.6. The molecule has 2 nitrogen and oxygen atoms in total. The number of ether oxygens (including phenoxy) is 1. The molecule has 0 aliphatic heterocycles. The van der Waals surface area contributed by atoms with Crippen LogP contribution in [0.1, 0.15) is 46.0 Å².